The molecule has 0 spiro atoms. The number of alkyl halides is 2. The molecule has 0 radical (unpaired) electrons. The van der Waals surface area contributed by atoms with E-state index in [0.717, 1.165) is 13.0 Å². The highest BCUT2D eigenvalue weighted by Crippen LogP contribution is 2.39. The van der Waals surface area contributed by atoms with E-state index in [1.54, 1.807) is 0 Å². The first kappa shape index (κ1) is 13.1. The summed E-state index contributed by atoms with van der Waals surface area (Å²) >= 11 is 0. The molecule has 4 rings (SSSR count). The van der Waals surface area contributed by atoms with E-state index in [4.69, 9.17) is 5.11 Å². The largest absolute Gasteiger partial charge is 0.465 e. The van der Waals surface area contributed by atoms with Crippen LogP contribution in [0.4, 0.5) is 13.6 Å². The van der Waals surface area contributed by atoms with Gasteiger partial charge in [0.05, 0.1) is 0 Å². The number of amides is 1. The van der Waals surface area contributed by atoms with Gasteiger partial charge < -0.3 is 10.0 Å². The van der Waals surface area contributed by atoms with Crippen LogP contribution in [0.15, 0.2) is 0 Å². The lowest BCUT2D eigenvalue weighted by atomic mass is 9.82. The Labute approximate surface area is 111 Å². The van der Waals surface area contributed by atoms with Gasteiger partial charge >= 0.3 is 6.09 Å². The van der Waals surface area contributed by atoms with E-state index in [1.165, 1.54) is 4.90 Å². The van der Waals surface area contributed by atoms with Crippen molar-refractivity contribution in [2.75, 3.05) is 19.6 Å². The van der Waals surface area contributed by atoms with Gasteiger partial charge in [-0.2, -0.15) is 0 Å². The van der Waals surface area contributed by atoms with E-state index in [0.29, 0.717) is 43.9 Å². The number of carbonyl (C=O) groups is 1. The van der Waals surface area contributed by atoms with E-state index in [1.807, 2.05) is 0 Å². The van der Waals surface area contributed by atoms with E-state index in [2.05, 4.69) is 4.90 Å². The third-order valence-electron chi connectivity index (χ3n) is 4.92. The average molecular weight is 274 g/mol. The van der Waals surface area contributed by atoms with Gasteiger partial charge in [-0.3, -0.25) is 4.90 Å². The summed E-state index contributed by atoms with van der Waals surface area (Å²) in [4.78, 5) is 14.7. The van der Waals surface area contributed by atoms with Crippen molar-refractivity contribution in [2.45, 2.75) is 50.1 Å². The van der Waals surface area contributed by atoms with Crippen molar-refractivity contribution >= 4 is 6.09 Å². The van der Waals surface area contributed by atoms with Crippen molar-refractivity contribution in [3.63, 3.8) is 0 Å². The molecule has 3 aliphatic heterocycles. The number of carboxylic acid groups (broad SMARTS) is 1. The number of hydrogen-bond donors (Lipinski definition) is 1. The molecule has 1 amide bonds. The molecule has 108 valence electrons. The Bertz CT molecular complexity index is 356. The standard InChI is InChI=1S/C13H20F2N2O2/c14-13(15)3-1-9(2-4-13)6-17-10-5-11(17)8-16(7-10)12(18)19/h9-11H,1-8H2,(H,18,19). The molecule has 0 aromatic carbocycles. The highest BCUT2D eigenvalue weighted by Gasteiger charge is 2.47. The summed E-state index contributed by atoms with van der Waals surface area (Å²) < 4.78 is 26.2. The number of piperidine rings is 1. The fourth-order valence-electron chi connectivity index (χ4n) is 3.72. The van der Waals surface area contributed by atoms with Gasteiger partial charge in [0.2, 0.25) is 5.92 Å². The molecule has 0 aromatic heterocycles. The van der Waals surface area contributed by atoms with Crippen LogP contribution in [0.5, 0.6) is 0 Å². The normalized spacial score (nSPS) is 34.9. The van der Waals surface area contributed by atoms with Crippen LogP contribution in [0.25, 0.3) is 0 Å². The molecule has 1 saturated carbocycles. The maximum atomic E-state index is 13.1. The van der Waals surface area contributed by atoms with E-state index < -0.39 is 12.0 Å². The lowest BCUT2D eigenvalue weighted by molar-refractivity contribution is -0.0873. The summed E-state index contributed by atoms with van der Waals surface area (Å²) in [6.45, 7) is 2.03. The molecule has 4 nitrogen and oxygen atoms in total. The van der Waals surface area contributed by atoms with Gasteiger partial charge in [-0.25, -0.2) is 13.6 Å². The predicted molar refractivity (Wildman–Crippen MR) is 65.4 cm³/mol. The van der Waals surface area contributed by atoms with Crippen LogP contribution in [0.2, 0.25) is 0 Å². The summed E-state index contributed by atoms with van der Waals surface area (Å²) in [7, 11) is 0. The molecule has 3 saturated heterocycles. The Hall–Kier alpha value is -0.910. The number of piperazine rings is 1. The van der Waals surface area contributed by atoms with Crippen LogP contribution < -0.4 is 0 Å². The molecule has 19 heavy (non-hydrogen) atoms. The number of rotatable bonds is 2. The Kier molecular flexibility index (Phi) is 3.15. The Morgan fingerprint density at radius 2 is 1.79 bits per heavy atom. The molecular weight excluding hydrogens is 254 g/mol. The number of nitrogens with zero attached hydrogens (tertiary/aromatic N) is 2. The second-order valence-electron chi connectivity index (χ2n) is 6.23. The maximum Gasteiger partial charge on any atom is 0.407 e. The number of fused-ring (bicyclic) bond motifs is 2. The zero-order valence-corrected chi connectivity index (χ0v) is 10.9. The van der Waals surface area contributed by atoms with Crippen molar-refractivity contribution < 1.29 is 18.7 Å². The molecule has 2 atom stereocenters. The average Bonchev–Trinajstić information content (AvgIpc) is 2.37. The fourth-order valence-corrected chi connectivity index (χ4v) is 3.72. The maximum absolute atomic E-state index is 13.1. The van der Waals surface area contributed by atoms with Crippen molar-refractivity contribution in [1.82, 2.24) is 9.80 Å². The van der Waals surface area contributed by atoms with E-state index in [9.17, 15) is 13.6 Å². The van der Waals surface area contributed by atoms with Crippen molar-refractivity contribution in [2.24, 2.45) is 5.92 Å². The Morgan fingerprint density at radius 1 is 1.21 bits per heavy atom. The van der Waals surface area contributed by atoms with E-state index >= 15 is 0 Å². The second-order valence-corrected chi connectivity index (χ2v) is 6.23. The van der Waals surface area contributed by atoms with Crippen molar-refractivity contribution in [3.8, 4) is 0 Å². The van der Waals surface area contributed by atoms with Gasteiger partial charge in [0, 0.05) is 44.6 Å². The quantitative estimate of drug-likeness (QED) is 0.840. The van der Waals surface area contributed by atoms with Gasteiger partial charge in [0.15, 0.2) is 0 Å². The molecule has 4 aliphatic rings. The molecule has 2 unspecified atom stereocenters. The molecule has 1 aliphatic carbocycles. The van der Waals surface area contributed by atoms with Crippen LogP contribution in [-0.4, -0.2) is 58.6 Å². The van der Waals surface area contributed by atoms with Gasteiger partial charge in [-0.15, -0.1) is 0 Å². The van der Waals surface area contributed by atoms with Gasteiger partial charge in [-0.1, -0.05) is 0 Å². The van der Waals surface area contributed by atoms with Gasteiger partial charge in [0.1, 0.15) is 0 Å². The van der Waals surface area contributed by atoms with Gasteiger partial charge in [0.25, 0.3) is 0 Å². The Balaban J connectivity index is 1.50. The summed E-state index contributed by atoms with van der Waals surface area (Å²) in [6, 6.07) is 0.634. The third-order valence-corrected chi connectivity index (χ3v) is 4.92. The summed E-state index contributed by atoms with van der Waals surface area (Å²) in [5, 5.41) is 8.97. The van der Waals surface area contributed by atoms with Crippen LogP contribution >= 0.6 is 0 Å². The lowest BCUT2D eigenvalue weighted by Crippen LogP contribution is -2.69. The molecule has 4 fully saturated rings. The first-order chi connectivity index (χ1) is 8.94. The monoisotopic (exact) mass is 274 g/mol. The van der Waals surface area contributed by atoms with Crippen LogP contribution in [-0.2, 0) is 0 Å². The minimum atomic E-state index is -2.46. The zero-order chi connectivity index (χ0) is 13.6. The molecule has 2 bridgehead atoms. The van der Waals surface area contributed by atoms with Crippen LogP contribution in [0.1, 0.15) is 32.1 Å². The Morgan fingerprint density at radius 3 is 2.32 bits per heavy atom. The van der Waals surface area contributed by atoms with Crippen molar-refractivity contribution in [1.29, 1.82) is 0 Å². The highest BCUT2D eigenvalue weighted by atomic mass is 19.3. The fraction of sp³-hybridized carbons (Fsp3) is 0.923. The minimum absolute atomic E-state index is 0.0160. The third kappa shape index (κ3) is 2.55. The van der Waals surface area contributed by atoms with Crippen LogP contribution in [0.3, 0.4) is 0 Å². The molecule has 3 heterocycles. The topological polar surface area (TPSA) is 43.8 Å². The molecule has 0 aromatic rings. The summed E-state index contributed by atoms with van der Waals surface area (Å²) in [5.74, 6) is -2.09. The molecule has 6 heteroatoms. The summed E-state index contributed by atoms with van der Waals surface area (Å²) in [6.07, 6.45) is 1.46. The van der Waals surface area contributed by atoms with Gasteiger partial charge in [-0.05, 0) is 25.2 Å². The zero-order valence-electron chi connectivity index (χ0n) is 10.9. The van der Waals surface area contributed by atoms with E-state index in [-0.39, 0.29) is 12.8 Å². The predicted octanol–water partition coefficient (Wildman–Crippen LogP) is 2.25. The highest BCUT2D eigenvalue weighted by molar-refractivity contribution is 5.65. The number of halogens is 2. The SMILES string of the molecule is O=C(O)N1CC2CC(C1)N2CC1CCC(F)(F)CC1. The molecular formula is C13H20F2N2O2. The smallest absolute Gasteiger partial charge is 0.407 e. The first-order valence-electron chi connectivity index (χ1n) is 7.06. The lowest BCUT2D eigenvalue weighted by Gasteiger charge is -2.56. The summed E-state index contributed by atoms with van der Waals surface area (Å²) in [5.41, 5.74) is 0. The molecule has 1 N–H and O–H groups in total. The van der Waals surface area contributed by atoms with Crippen molar-refractivity contribution in [3.05, 3.63) is 0 Å². The first-order valence-corrected chi connectivity index (χ1v) is 7.06. The second kappa shape index (κ2) is 4.58. The van der Waals surface area contributed by atoms with Crippen LogP contribution in [0, 0.1) is 5.92 Å². The minimum Gasteiger partial charge on any atom is -0.465 e. The number of hydrogen-bond acceptors (Lipinski definition) is 2.